The molecule has 0 bridgehead atoms. The number of benzene rings is 2. The number of para-hydroxylation sites is 1. The number of nitrogens with zero attached hydrogens (tertiary/aromatic N) is 4. The number of rotatable bonds is 9. The van der Waals surface area contributed by atoms with Crippen molar-refractivity contribution in [2.45, 2.75) is 26.8 Å². The molecule has 0 radical (unpaired) electrons. The molecule has 2 heterocycles. The molecule has 7 nitrogen and oxygen atoms in total. The van der Waals surface area contributed by atoms with Crippen molar-refractivity contribution in [3.63, 3.8) is 0 Å². The summed E-state index contributed by atoms with van der Waals surface area (Å²) in [4.78, 5) is 18.0. The SMILES string of the molecule is CCc1cccc(C)c1CN1CCN(c2cnn(-c3ccccc3)c(=O)c2OCCOC)CC1. The van der Waals surface area contributed by atoms with Crippen LogP contribution in [0.5, 0.6) is 5.75 Å². The number of hydrogen-bond donors (Lipinski definition) is 0. The number of aromatic nitrogens is 2. The van der Waals surface area contributed by atoms with Crippen LogP contribution in [-0.2, 0) is 17.7 Å². The average Bonchev–Trinajstić information content (AvgIpc) is 2.87. The number of methoxy groups -OCH3 is 1. The van der Waals surface area contributed by atoms with E-state index < -0.39 is 0 Å². The van der Waals surface area contributed by atoms with Gasteiger partial charge in [0.25, 0.3) is 0 Å². The highest BCUT2D eigenvalue weighted by molar-refractivity contribution is 5.57. The zero-order valence-electron chi connectivity index (χ0n) is 20.4. The first kappa shape index (κ1) is 24.0. The molecule has 1 fully saturated rings. The molecule has 1 aromatic heterocycles. The Balaban J connectivity index is 1.53. The molecule has 7 heteroatoms. The third kappa shape index (κ3) is 5.32. The Labute approximate surface area is 201 Å². The summed E-state index contributed by atoms with van der Waals surface area (Å²) in [6, 6.07) is 16.0. The fourth-order valence-corrected chi connectivity index (χ4v) is 4.46. The first-order chi connectivity index (χ1) is 16.6. The third-order valence-corrected chi connectivity index (χ3v) is 6.43. The van der Waals surface area contributed by atoms with Gasteiger partial charge in [-0.25, -0.2) is 0 Å². The van der Waals surface area contributed by atoms with Gasteiger partial charge in [-0.1, -0.05) is 43.3 Å². The third-order valence-electron chi connectivity index (χ3n) is 6.43. The maximum absolute atomic E-state index is 13.3. The van der Waals surface area contributed by atoms with Crippen LogP contribution in [0.1, 0.15) is 23.6 Å². The smallest absolute Gasteiger partial charge is 0.316 e. The van der Waals surface area contributed by atoms with Crippen LogP contribution in [0.3, 0.4) is 0 Å². The highest BCUT2D eigenvalue weighted by Crippen LogP contribution is 2.26. The van der Waals surface area contributed by atoms with Gasteiger partial charge in [0.1, 0.15) is 12.3 Å². The second kappa shape index (κ2) is 11.3. The minimum absolute atomic E-state index is 0.255. The van der Waals surface area contributed by atoms with Crippen molar-refractivity contribution in [2.24, 2.45) is 0 Å². The highest BCUT2D eigenvalue weighted by atomic mass is 16.5. The van der Waals surface area contributed by atoms with Gasteiger partial charge in [-0.3, -0.25) is 9.69 Å². The summed E-state index contributed by atoms with van der Waals surface area (Å²) in [6.07, 6.45) is 2.80. The molecule has 0 aliphatic carbocycles. The molecule has 1 aliphatic heterocycles. The molecule has 1 aliphatic rings. The van der Waals surface area contributed by atoms with Crippen LogP contribution >= 0.6 is 0 Å². The van der Waals surface area contributed by atoms with Gasteiger partial charge in [0.15, 0.2) is 0 Å². The van der Waals surface area contributed by atoms with Crippen LogP contribution in [0.4, 0.5) is 5.69 Å². The van der Waals surface area contributed by atoms with Crippen molar-refractivity contribution in [3.8, 4) is 11.4 Å². The molecule has 2 aromatic carbocycles. The molecule has 34 heavy (non-hydrogen) atoms. The minimum atomic E-state index is -0.255. The van der Waals surface area contributed by atoms with Gasteiger partial charge in [0.2, 0.25) is 5.75 Å². The van der Waals surface area contributed by atoms with E-state index in [4.69, 9.17) is 9.47 Å². The number of hydrogen-bond acceptors (Lipinski definition) is 6. The minimum Gasteiger partial charge on any atom is -0.484 e. The first-order valence-corrected chi connectivity index (χ1v) is 12.0. The van der Waals surface area contributed by atoms with Crippen LogP contribution < -0.4 is 15.2 Å². The molecular formula is C27H34N4O3. The standard InChI is InChI=1S/C27H34N4O3/c1-4-22-10-8-9-21(2)24(22)20-29-13-15-30(16-14-29)25-19-28-31(23-11-6-5-7-12-23)27(32)26(25)34-18-17-33-3/h5-12,19H,4,13-18,20H2,1-3H3. The summed E-state index contributed by atoms with van der Waals surface area (Å²) >= 11 is 0. The maximum atomic E-state index is 13.3. The lowest BCUT2D eigenvalue weighted by molar-refractivity contribution is 0.145. The molecule has 0 unspecified atom stereocenters. The van der Waals surface area contributed by atoms with Gasteiger partial charge in [-0.15, -0.1) is 0 Å². The second-order valence-electron chi connectivity index (χ2n) is 8.58. The summed E-state index contributed by atoms with van der Waals surface area (Å²) in [6.45, 7) is 9.53. The lowest BCUT2D eigenvalue weighted by Gasteiger charge is -2.37. The fraction of sp³-hybridized carbons (Fsp3) is 0.407. The van der Waals surface area contributed by atoms with Crippen molar-refractivity contribution in [2.75, 3.05) is 51.4 Å². The van der Waals surface area contributed by atoms with Gasteiger partial charge in [-0.05, 0) is 42.2 Å². The van der Waals surface area contributed by atoms with E-state index in [9.17, 15) is 4.79 Å². The Morgan fingerprint density at radius 1 is 0.971 bits per heavy atom. The zero-order chi connectivity index (χ0) is 23.9. The lowest BCUT2D eigenvalue weighted by Crippen LogP contribution is -2.46. The molecule has 0 atom stereocenters. The van der Waals surface area contributed by atoms with Crippen LogP contribution in [0.25, 0.3) is 5.69 Å². The Hall–Kier alpha value is -3.16. The van der Waals surface area contributed by atoms with Crippen molar-refractivity contribution in [3.05, 3.63) is 81.8 Å². The van der Waals surface area contributed by atoms with E-state index in [1.165, 1.54) is 21.4 Å². The lowest BCUT2D eigenvalue weighted by atomic mass is 9.99. The van der Waals surface area contributed by atoms with E-state index in [-0.39, 0.29) is 5.56 Å². The first-order valence-electron chi connectivity index (χ1n) is 12.0. The van der Waals surface area contributed by atoms with Gasteiger partial charge in [0, 0.05) is 39.8 Å². The molecule has 3 aromatic rings. The van der Waals surface area contributed by atoms with Crippen LogP contribution in [-0.4, -0.2) is 61.2 Å². The normalized spacial score (nSPS) is 14.4. The maximum Gasteiger partial charge on any atom is 0.316 e. The van der Waals surface area contributed by atoms with Crippen LogP contribution in [0, 0.1) is 6.92 Å². The predicted molar refractivity (Wildman–Crippen MR) is 135 cm³/mol. The summed E-state index contributed by atoms with van der Waals surface area (Å²) in [7, 11) is 1.62. The number of ether oxygens (including phenoxy) is 2. The number of piperazine rings is 1. The van der Waals surface area contributed by atoms with Crippen LogP contribution in [0.2, 0.25) is 0 Å². The number of aryl methyl sites for hydroxylation is 2. The molecule has 0 spiro atoms. The van der Waals surface area contributed by atoms with E-state index in [0.717, 1.165) is 44.8 Å². The Morgan fingerprint density at radius 2 is 1.74 bits per heavy atom. The van der Waals surface area contributed by atoms with Gasteiger partial charge in [0.05, 0.1) is 18.5 Å². The van der Waals surface area contributed by atoms with E-state index in [0.29, 0.717) is 24.7 Å². The highest BCUT2D eigenvalue weighted by Gasteiger charge is 2.24. The number of anilines is 1. The van der Waals surface area contributed by atoms with Gasteiger partial charge in [-0.2, -0.15) is 9.78 Å². The van der Waals surface area contributed by atoms with E-state index in [2.05, 4.69) is 46.9 Å². The topological polar surface area (TPSA) is 59.8 Å². The molecule has 0 N–H and O–H groups in total. The van der Waals surface area contributed by atoms with E-state index in [1.54, 1.807) is 13.3 Å². The Bertz CT molecular complexity index is 1140. The summed E-state index contributed by atoms with van der Waals surface area (Å²) in [5.74, 6) is 0.330. The second-order valence-corrected chi connectivity index (χ2v) is 8.58. The van der Waals surface area contributed by atoms with E-state index in [1.807, 2.05) is 30.3 Å². The van der Waals surface area contributed by atoms with Crippen molar-refractivity contribution in [1.82, 2.24) is 14.7 Å². The predicted octanol–water partition coefficient (Wildman–Crippen LogP) is 3.45. The summed E-state index contributed by atoms with van der Waals surface area (Å²) in [5.41, 5.74) is 5.42. The zero-order valence-corrected chi connectivity index (χ0v) is 20.4. The van der Waals surface area contributed by atoms with Crippen LogP contribution in [0.15, 0.2) is 59.5 Å². The van der Waals surface area contributed by atoms with Gasteiger partial charge >= 0.3 is 5.56 Å². The fourth-order valence-electron chi connectivity index (χ4n) is 4.46. The monoisotopic (exact) mass is 462 g/mol. The molecule has 180 valence electrons. The molecular weight excluding hydrogens is 428 g/mol. The van der Waals surface area contributed by atoms with Crippen molar-refractivity contribution < 1.29 is 9.47 Å². The van der Waals surface area contributed by atoms with Crippen molar-refractivity contribution in [1.29, 1.82) is 0 Å². The van der Waals surface area contributed by atoms with Gasteiger partial charge < -0.3 is 14.4 Å². The van der Waals surface area contributed by atoms with Crippen molar-refractivity contribution >= 4 is 5.69 Å². The quantitative estimate of drug-likeness (QED) is 0.454. The Kier molecular flexibility index (Phi) is 7.98. The molecule has 0 amide bonds. The van der Waals surface area contributed by atoms with E-state index >= 15 is 0 Å². The summed E-state index contributed by atoms with van der Waals surface area (Å²) < 4.78 is 12.5. The largest absolute Gasteiger partial charge is 0.484 e. The Morgan fingerprint density at radius 3 is 2.44 bits per heavy atom. The average molecular weight is 463 g/mol. The molecule has 0 saturated carbocycles. The molecule has 1 saturated heterocycles. The summed E-state index contributed by atoms with van der Waals surface area (Å²) in [5, 5.41) is 4.47. The molecule has 4 rings (SSSR count).